The van der Waals surface area contributed by atoms with Gasteiger partial charge >= 0.3 is 5.97 Å². The molecule has 0 amide bonds. The highest BCUT2D eigenvalue weighted by Gasteiger charge is 2.15. The SMILES string of the molecule is COC(=O)c1ccc(-c2ccc3cc(OC)ccc3c2Oc2ccc(OCCN3CCCCC3)cc2)cc1.Cl. The minimum atomic E-state index is -0.364. The van der Waals surface area contributed by atoms with Crippen LogP contribution in [0.25, 0.3) is 21.9 Å². The van der Waals surface area contributed by atoms with Gasteiger partial charge in [0.2, 0.25) is 0 Å². The Morgan fingerprint density at radius 2 is 1.49 bits per heavy atom. The quantitative estimate of drug-likeness (QED) is 0.204. The van der Waals surface area contributed by atoms with Crippen molar-refractivity contribution in [2.24, 2.45) is 0 Å². The van der Waals surface area contributed by atoms with Crippen molar-refractivity contribution in [1.29, 1.82) is 0 Å². The lowest BCUT2D eigenvalue weighted by Gasteiger charge is -2.26. The number of fused-ring (bicyclic) bond motifs is 1. The summed E-state index contributed by atoms with van der Waals surface area (Å²) in [7, 11) is 3.04. The van der Waals surface area contributed by atoms with Gasteiger partial charge in [0, 0.05) is 17.5 Å². The van der Waals surface area contributed by atoms with E-state index in [1.807, 2.05) is 66.7 Å². The summed E-state index contributed by atoms with van der Waals surface area (Å²) in [6.07, 6.45) is 3.90. The molecule has 1 aliphatic rings. The van der Waals surface area contributed by atoms with E-state index < -0.39 is 0 Å². The number of rotatable bonds is 9. The van der Waals surface area contributed by atoms with Crippen LogP contribution in [-0.2, 0) is 4.74 Å². The first-order chi connectivity index (χ1) is 18.6. The number of carbonyl (C=O) groups is 1. The number of benzene rings is 4. The molecule has 0 radical (unpaired) electrons. The summed E-state index contributed by atoms with van der Waals surface area (Å²) in [5, 5.41) is 1.97. The zero-order chi connectivity index (χ0) is 26.3. The van der Waals surface area contributed by atoms with Gasteiger partial charge in [-0.3, -0.25) is 4.90 Å². The predicted molar refractivity (Wildman–Crippen MR) is 157 cm³/mol. The molecule has 0 unspecified atom stereocenters. The van der Waals surface area contributed by atoms with Crippen molar-refractivity contribution in [3.63, 3.8) is 0 Å². The third-order valence-corrected chi connectivity index (χ3v) is 6.96. The number of hydrogen-bond acceptors (Lipinski definition) is 6. The van der Waals surface area contributed by atoms with E-state index in [9.17, 15) is 4.79 Å². The molecule has 0 aliphatic carbocycles. The molecule has 0 spiro atoms. The largest absolute Gasteiger partial charge is 0.497 e. The molecule has 0 bridgehead atoms. The van der Waals surface area contributed by atoms with Crippen LogP contribution in [-0.4, -0.2) is 51.3 Å². The maximum atomic E-state index is 11.9. The molecule has 4 aromatic carbocycles. The molecular formula is C32H34ClNO5. The highest BCUT2D eigenvalue weighted by molar-refractivity contribution is 5.97. The Morgan fingerprint density at radius 1 is 0.795 bits per heavy atom. The minimum Gasteiger partial charge on any atom is -0.497 e. The molecule has 6 nitrogen and oxygen atoms in total. The Morgan fingerprint density at radius 3 is 2.18 bits per heavy atom. The van der Waals surface area contributed by atoms with Crippen LogP contribution in [0.5, 0.6) is 23.0 Å². The molecule has 4 aromatic rings. The molecule has 0 saturated carbocycles. The number of hydrogen-bond donors (Lipinski definition) is 0. The average Bonchev–Trinajstić information content (AvgIpc) is 2.98. The van der Waals surface area contributed by atoms with E-state index in [2.05, 4.69) is 4.90 Å². The first-order valence-corrected chi connectivity index (χ1v) is 13.1. The number of piperidine rings is 1. The van der Waals surface area contributed by atoms with Crippen LogP contribution in [0.2, 0.25) is 0 Å². The van der Waals surface area contributed by atoms with Gasteiger partial charge in [0.1, 0.15) is 29.6 Å². The zero-order valence-electron chi connectivity index (χ0n) is 22.4. The molecule has 1 fully saturated rings. The second kappa shape index (κ2) is 13.4. The lowest BCUT2D eigenvalue weighted by atomic mass is 9.98. The molecule has 1 aliphatic heterocycles. The monoisotopic (exact) mass is 547 g/mol. The number of likely N-dealkylation sites (tertiary alicyclic amines) is 1. The molecule has 7 heteroatoms. The highest BCUT2D eigenvalue weighted by Crippen LogP contribution is 2.41. The fourth-order valence-corrected chi connectivity index (χ4v) is 4.84. The summed E-state index contributed by atoms with van der Waals surface area (Å²) >= 11 is 0. The normalized spacial score (nSPS) is 13.4. The van der Waals surface area contributed by atoms with Crippen LogP contribution >= 0.6 is 12.4 Å². The second-order valence-corrected chi connectivity index (χ2v) is 9.42. The molecule has 0 N–H and O–H groups in total. The van der Waals surface area contributed by atoms with E-state index in [0.29, 0.717) is 17.9 Å². The summed E-state index contributed by atoms with van der Waals surface area (Å²) in [5.41, 5.74) is 2.35. The Kier molecular flexibility index (Phi) is 9.69. The number of methoxy groups -OCH3 is 2. The lowest BCUT2D eigenvalue weighted by Crippen LogP contribution is -2.33. The number of ether oxygens (including phenoxy) is 4. The maximum Gasteiger partial charge on any atom is 0.337 e. The molecule has 1 heterocycles. The fraction of sp³-hybridized carbons (Fsp3) is 0.281. The Labute approximate surface area is 235 Å². The van der Waals surface area contributed by atoms with Crippen LogP contribution in [0.3, 0.4) is 0 Å². The number of carbonyl (C=O) groups excluding carboxylic acids is 1. The first kappa shape index (κ1) is 28.3. The van der Waals surface area contributed by atoms with Crippen molar-refractivity contribution in [3.8, 4) is 34.1 Å². The van der Waals surface area contributed by atoms with E-state index in [1.165, 1.54) is 39.5 Å². The summed E-state index contributed by atoms with van der Waals surface area (Å²) in [5.74, 6) is 2.69. The van der Waals surface area contributed by atoms with Gasteiger partial charge in [-0.1, -0.05) is 24.6 Å². The summed E-state index contributed by atoms with van der Waals surface area (Å²) in [6.45, 7) is 3.97. The summed E-state index contributed by atoms with van der Waals surface area (Å²) < 4.78 is 22.8. The van der Waals surface area contributed by atoms with Crippen LogP contribution in [0, 0.1) is 0 Å². The van der Waals surface area contributed by atoms with Gasteiger partial charge in [-0.05, 0) is 97.5 Å². The van der Waals surface area contributed by atoms with Crippen molar-refractivity contribution >= 4 is 29.1 Å². The van der Waals surface area contributed by atoms with Gasteiger partial charge in [-0.2, -0.15) is 0 Å². The standard InChI is InChI=1S/C32H33NO5.ClH/c1-35-28-15-17-30-25(22-28)10-16-29(23-6-8-24(9-7-23)32(34)36-2)31(30)38-27-13-11-26(12-14-27)37-21-20-33-18-4-3-5-19-33;/h6-17,22H,3-5,18-21H2,1-2H3;1H. The molecule has 5 rings (SSSR count). The molecular weight excluding hydrogens is 514 g/mol. The topological polar surface area (TPSA) is 57.2 Å². The van der Waals surface area contributed by atoms with Gasteiger partial charge in [-0.25, -0.2) is 4.79 Å². The molecule has 0 aromatic heterocycles. The summed E-state index contributed by atoms with van der Waals surface area (Å²) in [4.78, 5) is 14.4. The van der Waals surface area contributed by atoms with Crippen molar-refractivity contribution in [1.82, 2.24) is 4.90 Å². The second-order valence-electron chi connectivity index (χ2n) is 9.42. The average molecular weight is 548 g/mol. The van der Waals surface area contributed by atoms with E-state index >= 15 is 0 Å². The van der Waals surface area contributed by atoms with Gasteiger partial charge < -0.3 is 18.9 Å². The maximum absolute atomic E-state index is 11.9. The molecule has 204 valence electrons. The highest BCUT2D eigenvalue weighted by atomic mass is 35.5. The van der Waals surface area contributed by atoms with Crippen LogP contribution in [0.15, 0.2) is 78.9 Å². The molecule has 0 atom stereocenters. The van der Waals surface area contributed by atoms with Crippen molar-refractivity contribution in [2.45, 2.75) is 19.3 Å². The van der Waals surface area contributed by atoms with Gasteiger partial charge in [0.25, 0.3) is 0 Å². The van der Waals surface area contributed by atoms with Crippen molar-refractivity contribution < 1.29 is 23.7 Å². The predicted octanol–water partition coefficient (Wildman–Crippen LogP) is 7.38. The van der Waals surface area contributed by atoms with E-state index in [-0.39, 0.29) is 18.4 Å². The van der Waals surface area contributed by atoms with Crippen LogP contribution in [0.1, 0.15) is 29.6 Å². The zero-order valence-corrected chi connectivity index (χ0v) is 23.2. The Balaban J connectivity index is 0.00000353. The van der Waals surface area contributed by atoms with Gasteiger partial charge in [0.05, 0.1) is 19.8 Å². The van der Waals surface area contributed by atoms with Crippen LogP contribution < -0.4 is 14.2 Å². The number of nitrogens with zero attached hydrogens (tertiary/aromatic N) is 1. The Bertz CT molecular complexity index is 1380. The van der Waals surface area contributed by atoms with E-state index in [4.69, 9.17) is 18.9 Å². The van der Waals surface area contributed by atoms with Crippen molar-refractivity contribution in [3.05, 3.63) is 84.4 Å². The summed E-state index contributed by atoms with van der Waals surface area (Å²) in [6, 6.07) is 25.1. The van der Waals surface area contributed by atoms with E-state index in [0.717, 1.165) is 45.7 Å². The fourth-order valence-electron chi connectivity index (χ4n) is 4.84. The lowest BCUT2D eigenvalue weighted by molar-refractivity contribution is 0.0600. The third kappa shape index (κ3) is 6.83. The first-order valence-electron chi connectivity index (χ1n) is 13.1. The number of halogens is 1. The minimum absolute atomic E-state index is 0. The Hall–Kier alpha value is -3.74. The van der Waals surface area contributed by atoms with Gasteiger partial charge in [0.15, 0.2) is 0 Å². The van der Waals surface area contributed by atoms with Crippen molar-refractivity contribution in [2.75, 3.05) is 40.5 Å². The van der Waals surface area contributed by atoms with Gasteiger partial charge in [-0.15, -0.1) is 12.4 Å². The molecule has 1 saturated heterocycles. The smallest absolute Gasteiger partial charge is 0.337 e. The third-order valence-electron chi connectivity index (χ3n) is 6.96. The number of esters is 1. The van der Waals surface area contributed by atoms with E-state index in [1.54, 1.807) is 19.2 Å². The molecule has 39 heavy (non-hydrogen) atoms. The van der Waals surface area contributed by atoms with Crippen LogP contribution in [0.4, 0.5) is 0 Å².